The van der Waals surface area contributed by atoms with Crippen molar-refractivity contribution in [1.29, 1.82) is 0 Å². The zero-order valence-electron chi connectivity index (χ0n) is 10.4. The second-order valence-corrected chi connectivity index (χ2v) is 3.63. The molecule has 6 nitrogen and oxygen atoms in total. The van der Waals surface area contributed by atoms with Crippen molar-refractivity contribution in [3.05, 3.63) is 18.2 Å². The molecule has 0 radical (unpaired) electrons. The molecule has 0 heterocycles. The van der Waals surface area contributed by atoms with Crippen molar-refractivity contribution < 1.29 is 14.3 Å². The smallest absolute Gasteiger partial charge is 0.243 e. The lowest BCUT2D eigenvalue weighted by Gasteiger charge is -2.11. The predicted octanol–water partition coefficient (Wildman–Crippen LogP) is 0.581. The summed E-state index contributed by atoms with van der Waals surface area (Å²) in [6.07, 6.45) is 0. The maximum absolute atomic E-state index is 10.4. The van der Waals surface area contributed by atoms with Crippen molar-refractivity contribution in [3.8, 4) is 5.75 Å². The quantitative estimate of drug-likeness (QED) is 0.465. The lowest BCUT2D eigenvalue weighted by atomic mass is 10.2. The summed E-state index contributed by atoms with van der Waals surface area (Å²) in [5.74, 6) is 0.182. The van der Waals surface area contributed by atoms with Crippen LogP contribution in [-0.4, -0.2) is 32.3 Å². The Morgan fingerprint density at radius 3 is 2.89 bits per heavy atom. The lowest BCUT2D eigenvalue weighted by Crippen LogP contribution is -2.20. The Labute approximate surface area is 106 Å². The molecule has 0 aromatic heterocycles. The fourth-order valence-electron chi connectivity index (χ4n) is 1.37. The fourth-order valence-corrected chi connectivity index (χ4v) is 1.37. The molecule has 0 bridgehead atoms. The van der Waals surface area contributed by atoms with Crippen LogP contribution in [-0.2, 0) is 9.53 Å². The number of carbonyl (C=O) groups excluding carboxylic acids is 1. The molecule has 0 atom stereocenters. The van der Waals surface area contributed by atoms with E-state index in [4.69, 9.17) is 20.9 Å². The molecule has 0 unspecified atom stereocenters. The van der Waals surface area contributed by atoms with Crippen LogP contribution in [0.15, 0.2) is 18.2 Å². The molecule has 0 fully saturated rings. The second-order valence-electron chi connectivity index (χ2n) is 3.63. The fraction of sp³-hybridized carbons (Fsp3) is 0.417. The van der Waals surface area contributed by atoms with Gasteiger partial charge in [0.25, 0.3) is 0 Å². The van der Waals surface area contributed by atoms with Gasteiger partial charge in [-0.3, -0.25) is 4.79 Å². The maximum atomic E-state index is 10.4. The van der Waals surface area contributed by atoms with Gasteiger partial charge in [0.1, 0.15) is 12.4 Å². The number of nitrogens with one attached hydrogen (secondary N) is 1. The van der Waals surface area contributed by atoms with Gasteiger partial charge in [0, 0.05) is 18.3 Å². The second kappa shape index (κ2) is 7.39. The topological polar surface area (TPSA) is 99.6 Å². The van der Waals surface area contributed by atoms with Gasteiger partial charge in [-0.25, -0.2) is 0 Å². The van der Waals surface area contributed by atoms with Crippen LogP contribution in [0, 0.1) is 0 Å². The highest BCUT2D eigenvalue weighted by Gasteiger charge is 2.01. The minimum Gasteiger partial charge on any atom is -0.492 e. The van der Waals surface area contributed by atoms with Crippen molar-refractivity contribution in [2.45, 2.75) is 6.92 Å². The minimum atomic E-state index is -0.471. The first kappa shape index (κ1) is 14.1. The number of nitrogen functional groups attached to an aromatic ring is 1. The zero-order chi connectivity index (χ0) is 13.4. The number of anilines is 2. The van der Waals surface area contributed by atoms with E-state index in [1.165, 1.54) is 0 Å². The Morgan fingerprint density at radius 1 is 1.44 bits per heavy atom. The SMILES string of the molecule is CCOc1cc(NCCOCC(N)=O)ccc1N. The largest absolute Gasteiger partial charge is 0.492 e. The first-order valence-electron chi connectivity index (χ1n) is 5.75. The number of hydrogen-bond acceptors (Lipinski definition) is 5. The Morgan fingerprint density at radius 2 is 2.22 bits per heavy atom. The van der Waals surface area contributed by atoms with Gasteiger partial charge in [0.2, 0.25) is 5.91 Å². The third kappa shape index (κ3) is 4.92. The molecule has 0 saturated carbocycles. The van der Waals surface area contributed by atoms with Gasteiger partial charge in [-0.05, 0) is 19.1 Å². The summed E-state index contributed by atoms with van der Waals surface area (Å²) in [7, 11) is 0. The molecule has 0 aliphatic rings. The first-order valence-corrected chi connectivity index (χ1v) is 5.75. The Hall–Kier alpha value is -1.95. The summed E-state index contributed by atoms with van der Waals surface area (Å²) < 4.78 is 10.4. The van der Waals surface area contributed by atoms with Crippen LogP contribution < -0.4 is 21.5 Å². The summed E-state index contributed by atoms with van der Waals surface area (Å²) >= 11 is 0. The van der Waals surface area contributed by atoms with Gasteiger partial charge in [0.15, 0.2) is 0 Å². The van der Waals surface area contributed by atoms with E-state index >= 15 is 0 Å². The van der Waals surface area contributed by atoms with E-state index < -0.39 is 5.91 Å². The summed E-state index contributed by atoms with van der Waals surface area (Å²) in [5.41, 5.74) is 12.2. The normalized spacial score (nSPS) is 10.1. The van der Waals surface area contributed by atoms with Crippen molar-refractivity contribution in [2.75, 3.05) is 37.4 Å². The lowest BCUT2D eigenvalue weighted by molar-refractivity contribution is -0.122. The first-order chi connectivity index (χ1) is 8.63. The predicted molar refractivity (Wildman–Crippen MR) is 70.5 cm³/mol. The van der Waals surface area contributed by atoms with Crippen molar-refractivity contribution in [1.82, 2.24) is 0 Å². The Balaban J connectivity index is 2.38. The average Bonchev–Trinajstić information content (AvgIpc) is 2.32. The van der Waals surface area contributed by atoms with E-state index in [0.717, 1.165) is 5.69 Å². The molecule has 0 aliphatic heterocycles. The minimum absolute atomic E-state index is 0.0619. The van der Waals surface area contributed by atoms with Gasteiger partial charge in [0.05, 0.1) is 18.9 Å². The number of primary amides is 1. The van der Waals surface area contributed by atoms with Gasteiger partial charge in [-0.2, -0.15) is 0 Å². The molecule has 0 spiro atoms. The number of amides is 1. The number of carbonyl (C=O) groups is 1. The van der Waals surface area contributed by atoms with Gasteiger partial charge in [-0.1, -0.05) is 0 Å². The number of rotatable bonds is 8. The molecule has 1 aromatic rings. The summed E-state index contributed by atoms with van der Waals surface area (Å²) in [5, 5.41) is 3.13. The van der Waals surface area contributed by atoms with Crippen molar-refractivity contribution in [2.24, 2.45) is 5.73 Å². The summed E-state index contributed by atoms with van der Waals surface area (Å²) in [6, 6.07) is 5.45. The molecular formula is C12H19N3O3. The highest BCUT2D eigenvalue weighted by atomic mass is 16.5. The molecular weight excluding hydrogens is 234 g/mol. The molecule has 0 aliphatic carbocycles. The van der Waals surface area contributed by atoms with Crippen LogP contribution in [0.4, 0.5) is 11.4 Å². The molecule has 100 valence electrons. The monoisotopic (exact) mass is 253 g/mol. The average molecular weight is 253 g/mol. The standard InChI is InChI=1S/C12H19N3O3/c1-2-18-11-7-9(3-4-10(11)13)15-5-6-17-8-12(14)16/h3-4,7,15H,2,5-6,8,13H2,1H3,(H2,14,16). The van der Waals surface area contributed by atoms with E-state index in [9.17, 15) is 4.79 Å². The van der Waals surface area contributed by atoms with Crippen LogP contribution in [0.2, 0.25) is 0 Å². The molecule has 1 amide bonds. The molecule has 18 heavy (non-hydrogen) atoms. The van der Waals surface area contributed by atoms with Gasteiger partial charge < -0.3 is 26.3 Å². The Kier molecular flexibility index (Phi) is 5.79. The van der Waals surface area contributed by atoms with E-state index in [2.05, 4.69) is 5.32 Å². The van der Waals surface area contributed by atoms with Crippen molar-refractivity contribution in [3.63, 3.8) is 0 Å². The summed E-state index contributed by atoms with van der Waals surface area (Å²) in [6.45, 7) is 3.38. The number of nitrogens with two attached hydrogens (primary N) is 2. The zero-order valence-corrected chi connectivity index (χ0v) is 10.4. The molecule has 5 N–H and O–H groups in total. The third-order valence-electron chi connectivity index (χ3n) is 2.13. The van der Waals surface area contributed by atoms with Crippen LogP contribution in [0.5, 0.6) is 5.75 Å². The van der Waals surface area contributed by atoms with Gasteiger partial charge >= 0.3 is 0 Å². The van der Waals surface area contributed by atoms with Crippen molar-refractivity contribution >= 4 is 17.3 Å². The van der Waals surface area contributed by atoms with Gasteiger partial charge in [-0.15, -0.1) is 0 Å². The molecule has 1 rings (SSSR count). The van der Waals surface area contributed by atoms with E-state index in [1.54, 1.807) is 6.07 Å². The highest BCUT2D eigenvalue weighted by molar-refractivity contribution is 5.74. The number of hydrogen-bond donors (Lipinski definition) is 3. The van der Waals surface area contributed by atoms with Crippen LogP contribution in [0.1, 0.15) is 6.92 Å². The van der Waals surface area contributed by atoms with Crippen LogP contribution in [0.3, 0.4) is 0 Å². The summed E-state index contributed by atoms with van der Waals surface area (Å²) in [4.78, 5) is 10.4. The number of benzene rings is 1. The van der Waals surface area contributed by atoms with Crippen LogP contribution >= 0.6 is 0 Å². The third-order valence-corrected chi connectivity index (χ3v) is 2.13. The van der Waals surface area contributed by atoms with E-state index in [1.807, 2.05) is 19.1 Å². The molecule has 0 saturated heterocycles. The van der Waals surface area contributed by atoms with E-state index in [0.29, 0.717) is 31.2 Å². The molecule has 1 aromatic carbocycles. The van der Waals surface area contributed by atoms with E-state index in [-0.39, 0.29) is 6.61 Å². The number of ether oxygens (including phenoxy) is 2. The highest BCUT2D eigenvalue weighted by Crippen LogP contribution is 2.25. The molecule has 6 heteroatoms. The Bertz CT molecular complexity index is 396. The van der Waals surface area contributed by atoms with Crippen LogP contribution in [0.25, 0.3) is 0 Å². The maximum Gasteiger partial charge on any atom is 0.243 e.